The third kappa shape index (κ3) is 8.76. The summed E-state index contributed by atoms with van der Waals surface area (Å²) in [5, 5.41) is 10.4. The van der Waals surface area contributed by atoms with Gasteiger partial charge in [-0.1, -0.05) is 30.3 Å². The summed E-state index contributed by atoms with van der Waals surface area (Å²) in [7, 11) is -0.882. The molecule has 34 heavy (non-hydrogen) atoms. The van der Waals surface area contributed by atoms with E-state index in [4.69, 9.17) is 18.7 Å². The van der Waals surface area contributed by atoms with E-state index in [9.17, 15) is 24.2 Å². The summed E-state index contributed by atoms with van der Waals surface area (Å²) in [6, 6.07) is 8.57. The molecule has 10 nitrogen and oxygen atoms in total. The molecule has 0 aromatic heterocycles. The third-order valence-electron chi connectivity index (χ3n) is 4.70. The highest BCUT2D eigenvalue weighted by atomic mass is 31.1. The Balaban J connectivity index is 3.48. The van der Waals surface area contributed by atoms with Gasteiger partial charge in [0.25, 0.3) is 0 Å². The average molecular weight is 499 g/mol. The second-order valence-corrected chi connectivity index (χ2v) is 10.1. The number of carbonyl (C=O) groups is 3. The molecule has 0 saturated heterocycles. The van der Waals surface area contributed by atoms with E-state index in [1.807, 2.05) is 0 Å². The number of carbonyl (C=O) groups excluding carboxylic acids is 3. The summed E-state index contributed by atoms with van der Waals surface area (Å²) in [5.41, 5.74) is -1.29. The Morgan fingerprint density at radius 1 is 1.00 bits per heavy atom. The zero-order valence-corrected chi connectivity index (χ0v) is 21.6. The first-order chi connectivity index (χ1) is 15.6. The highest BCUT2D eigenvalue weighted by molar-refractivity contribution is 7.17. The van der Waals surface area contributed by atoms with Gasteiger partial charge in [-0.2, -0.15) is 0 Å². The molecule has 0 spiro atoms. The van der Waals surface area contributed by atoms with E-state index in [0.29, 0.717) is 10.6 Å². The molecule has 190 valence electrons. The van der Waals surface area contributed by atoms with Gasteiger partial charge in [0.1, 0.15) is 0 Å². The SMILES string of the molecule is CC(=O)N(O)CCC(c1ccccc1)C(OCOC(=O)C(C)(C)C)(OP=O)OC(=O)C(C)(C)C. The van der Waals surface area contributed by atoms with Gasteiger partial charge in [-0.25, -0.2) is 14.2 Å². The van der Waals surface area contributed by atoms with Crippen molar-refractivity contribution < 1.29 is 42.9 Å². The fourth-order valence-corrected chi connectivity index (χ4v) is 2.99. The van der Waals surface area contributed by atoms with Crippen LogP contribution in [0.3, 0.4) is 0 Å². The maximum atomic E-state index is 12.9. The average Bonchev–Trinajstić information content (AvgIpc) is 2.73. The molecule has 0 bridgehead atoms. The standard InChI is InChI=1S/C23H34NO9P/c1-16(25)24(28)14-13-18(17-11-9-8-10-12-17)23(33-34-29,32-20(27)22(5,6)7)31-15-30-19(26)21(2,3)4/h8-12,18,28H,13-15H2,1-7H3. The molecule has 1 aromatic carbocycles. The van der Waals surface area contributed by atoms with Gasteiger partial charge >= 0.3 is 26.6 Å². The molecular weight excluding hydrogens is 465 g/mol. The quantitative estimate of drug-likeness (QED) is 0.155. The number of hydroxylamine groups is 2. The van der Waals surface area contributed by atoms with E-state index >= 15 is 0 Å². The van der Waals surface area contributed by atoms with E-state index in [0.717, 1.165) is 0 Å². The van der Waals surface area contributed by atoms with Crippen LogP contribution in [-0.4, -0.2) is 47.4 Å². The van der Waals surface area contributed by atoms with Gasteiger partial charge in [0.05, 0.1) is 16.7 Å². The van der Waals surface area contributed by atoms with Gasteiger partial charge in [0.2, 0.25) is 5.91 Å². The van der Waals surface area contributed by atoms with Crippen LogP contribution in [0.4, 0.5) is 0 Å². The normalized spacial score (nSPS) is 14.7. The van der Waals surface area contributed by atoms with Crippen LogP contribution in [0.5, 0.6) is 0 Å². The van der Waals surface area contributed by atoms with Gasteiger partial charge in [0.15, 0.2) is 6.79 Å². The lowest BCUT2D eigenvalue weighted by Gasteiger charge is -2.38. The monoisotopic (exact) mass is 499 g/mol. The number of esters is 2. The topological polar surface area (TPSA) is 129 Å². The maximum Gasteiger partial charge on any atom is 0.349 e. The Bertz CT molecular complexity index is 848. The zero-order chi connectivity index (χ0) is 26.2. The smallest absolute Gasteiger partial charge is 0.349 e. The molecule has 0 radical (unpaired) electrons. The Morgan fingerprint density at radius 2 is 1.56 bits per heavy atom. The van der Waals surface area contributed by atoms with Crippen LogP contribution in [0.2, 0.25) is 0 Å². The van der Waals surface area contributed by atoms with E-state index in [1.54, 1.807) is 71.9 Å². The van der Waals surface area contributed by atoms with Crippen LogP contribution in [0.15, 0.2) is 30.3 Å². The summed E-state index contributed by atoms with van der Waals surface area (Å²) in [4.78, 5) is 36.7. The first kappa shape index (κ1) is 29.6. The number of ether oxygens (including phenoxy) is 3. The molecule has 2 unspecified atom stereocenters. The summed E-state index contributed by atoms with van der Waals surface area (Å²) in [5.74, 6) is -5.23. The molecule has 0 aliphatic heterocycles. The van der Waals surface area contributed by atoms with Crippen molar-refractivity contribution in [3.8, 4) is 0 Å². The lowest BCUT2D eigenvalue weighted by atomic mass is 9.92. The first-order valence-electron chi connectivity index (χ1n) is 10.7. The predicted molar refractivity (Wildman–Crippen MR) is 121 cm³/mol. The van der Waals surface area contributed by atoms with Gasteiger partial charge in [-0.3, -0.25) is 24.3 Å². The Kier molecular flexibility index (Phi) is 10.8. The largest absolute Gasteiger partial charge is 0.438 e. The van der Waals surface area contributed by atoms with Gasteiger partial charge < -0.3 is 9.47 Å². The molecule has 1 amide bonds. The van der Waals surface area contributed by atoms with Crippen LogP contribution >= 0.6 is 8.69 Å². The number of rotatable bonds is 11. The molecule has 0 heterocycles. The molecule has 0 fully saturated rings. The predicted octanol–water partition coefficient (Wildman–Crippen LogP) is 4.43. The molecule has 11 heteroatoms. The van der Waals surface area contributed by atoms with E-state index < -0.39 is 56.0 Å². The molecule has 0 aliphatic rings. The minimum atomic E-state index is -2.31. The maximum absolute atomic E-state index is 12.9. The summed E-state index contributed by atoms with van der Waals surface area (Å²) in [6.45, 7) is 10.1. The van der Waals surface area contributed by atoms with Crippen molar-refractivity contribution >= 4 is 26.5 Å². The van der Waals surface area contributed by atoms with E-state index in [-0.39, 0.29) is 13.0 Å². The highest BCUT2D eigenvalue weighted by Crippen LogP contribution is 2.41. The van der Waals surface area contributed by atoms with Crippen molar-refractivity contribution in [3.05, 3.63) is 35.9 Å². The van der Waals surface area contributed by atoms with E-state index in [2.05, 4.69) is 0 Å². The van der Waals surface area contributed by atoms with Gasteiger partial charge in [-0.15, -0.1) is 0 Å². The number of benzene rings is 1. The Labute approximate surface area is 201 Å². The molecule has 0 saturated carbocycles. The third-order valence-corrected chi connectivity index (χ3v) is 5.03. The van der Waals surface area contributed by atoms with Crippen LogP contribution in [-0.2, 0) is 37.7 Å². The zero-order valence-electron chi connectivity index (χ0n) is 20.7. The van der Waals surface area contributed by atoms with Crippen molar-refractivity contribution in [2.75, 3.05) is 13.3 Å². The second-order valence-electron chi connectivity index (χ2n) is 9.75. The first-order valence-corrected chi connectivity index (χ1v) is 11.4. The number of hydrogen-bond acceptors (Lipinski definition) is 9. The summed E-state index contributed by atoms with van der Waals surface area (Å²) in [6.07, 6.45) is -0.0275. The molecule has 1 aromatic rings. The minimum Gasteiger partial charge on any atom is -0.438 e. The van der Waals surface area contributed by atoms with Gasteiger partial charge in [0, 0.05) is 13.5 Å². The fourth-order valence-electron chi connectivity index (χ4n) is 2.67. The molecule has 1 rings (SSSR count). The van der Waals surface area contributed by atoms with Crippen LogP contribution < -0.4 is 0 Å². The molecule has 0 aliphatic carbocycles. The summed E-state index contributed by atoms with van der Waals surface area (Å²) >= 11 is 0. The van der Waals surface area contributed by atoms with Crippen LogP contribution in [0.25, 0.3) is 0 Å². The lowest BCUT2D eigenvalue weighted by Crippen LogP contribution is -2.48. The van der Waals surface area contributed by atoms with Crippen molar-refractivity contribution in [3.63, 3.8) is 0 Å². The van der Waals surface area contributed by atoms with Gasteiger partial charge in [-0.05, 0) is 53.5 Å². The van der Waals surface area contributed by atoms with Crippen LogP contribution in [0, 0.1) is 10.8 Å². The molecular formula is C23H34NO9P. The minimum absolute atomic E-state index is 0.0275. The van der Waals surface area contributed by atoms with Crippen molar-refractivity contribution in [1.82, 2.24) is 5.06 Å². The second kappa shape index (κ2) is 12.4. The number of nitrogens with zero attached hydrogens (tertiary/aromatic N) is 1. The van der Waals surface area contributed by atoms with Crippen molar-refractivity contribution in [2.45, 2.75) is 66.8 Å². The lowest BCUT2D eigenvalue weighted by molar-refractivity contribution is -0.357. The number of amides is 1. The molecule has 2 atom stereocenters. The van der Waals surface area contributed by atoms with E-state index in [1.165, 1.54) is 6.92 Å². The fraction of sp³-hybridized carbons (Fsp3) is 0.609. The molecule has 1 N–H and O–H groups in total. The highest BCUT2D eigenvalue weighted by Gasteiger charge is 2.49. The van der Waals surface area contributed by atoms with Crippen molar-refractivity contribution in [2.24, 2.45) is 10.8 Å². The Hall–Kier alpha value is -2.39. The van der Waals surface area contributed by atoms with Crippen LogP contribution in [0.1, 0.15) is 66.4 Å². The van der Waals surface area contributed by atoms with Crippen molar-refractivity contribution in [1.29, 1.82) is 0 Å². The summed E-state index contributed by atoms with van der Waals surface area (Å²) < 4.78 is 33.6. The Morgan fingerprint density at radius 3 is 2.03 bits per heavy atom. The number of hydrogen-bond donors (Lipinski definition) is 1.